The van der Waals surface area contributed by atoms with Gasteiger partial charge in [-0.3, -0.25) is 4.79 Å². The van der Waals surface area contributed by atoms with Gasteiger partial charge >= 0.3 is 11.6 Å². The molecule has 0 atom stereocenters. The van der Waals surface area contributed by atoms with E-state index in [1.54, 1.807) is 13.0 Å². The fraction of sp³-hybridized carbons (Fsp3) is 0.231. The van der Waals surface area contributed by atoms with Gasteiger partial charge in [0.1, 0.15) is 11.3 Å². The Hall–Kier alpha value is -2.30. The number of carbonyl (C=O) groups is 1. The van der Waals surface area contributed by atoms with Gasteiger partial charge < -0.3 is 14.6 Å². The van der Waals surface area contributed by atoms with Gasteiger partial charge in [-0.1, -0.05) is 6.92 Å². The summed E-state index contributed by atoms with van der Waals surface area (Å²) in [5.74, 6) is -1.04. The molecule has 0 unspecified atom stereocenters. The lowest BCUT2D eigenvalue weighted by molar-refractivity contribution is -0.136. The van der Waals surface area contributed by atoms with Crippen LogP contribution in [0.15, 0.2) is 27.4 Å². The summed E-state index contributed by atoms with van der Waals surface area (Å²) in [6, 6.07) is 4.31. The molecule has 1 heterocycles. The van der Waals surface area contributed by atoms with Crippen LogP contribution in [0.25, 0.3) is 11.0 Å². The molecular weight excluding hydrogens is 236 g/mol. The highest BCUT2D eigenvalue weighted by molar-refractivity contribution is 5.86. The first-order chi connectivity index (χ1) is 8.52. The maximum atomic E-state index is 11.7. The summed E-state index contributed by atoms with van der Waals surface area (Å²) in [5.41, 5.74) is 0.479. The van der Waals surface area contributed by atoms with Gasteiger partial charge in [-0.25, -0.2) is 4.79 Å². The molecule has 5 nitrogen and oxygen atoms in total. The van der Waals surface area contributed by atoms with Crippen LogP contribution in [0.5, 0.6) is 5.75 Å². The van der Waals surface area contributed by atoms with Crippen molar-refractivity contribution in [1.29, 1.82) is 0 Å². The summed E-state index contributed by atoms with van der Waals surface area (Å²) in [7, 11) is 0. The van der Waals surface area contributed by atoms with E-state index in [0.717, 1.165) is 0 Å². The van der Waals surface area contributed by atoms with Crippen molar-refractivity contribution in [1.82, 2.24) is 0 Å². The second kappa shape index (κ2) is 4.52. The Morgan fingerprint density at radius 1 is 1.33 bits per heavy atom. The summed E-state index contributed by atoms with van der Waals surface area (Å²) in [6.07, 6.45) is 0.164. The molecule has 0 aliphatic rings. The van der Waals surface area contributed by atoms with E-state index in [0.29, 0.717) is 22.9 Å². The van der Waals surface area contributed by atoms with Crippen LogP contribution in [-0.4, -0.2) is 16.2 Å². The van der Waals surface area contributed by atoms with Crippen LogP contribution in [0.4, 0.5) is 0 Å². The first-order valence-electron chi connectivity index (χ1n) is 5.52. The molecule has 18 heavy (non-hydrogen) atoms. The van der Waals surface area contributed by atoms with E-state index >= 15 is 0 Å². The van der Waals surface area contributed by atoms with E-state index in [9.17, 15) is 14.7 Å². The zero-order valence-electron chi connectivity index (χ0n) is 9.77. The minimum absolute atomic E-state index is 0.0313. The summed E-state index contributed by atoms with van der Waals surface area (Å²) < 4.78 is 5.08. The van der Waals surface area contributed by atoms with Crippen molar-refractivity contribution in [2.75, 3.05) is 0 Å². The molecule has 1 aromatic heterocycles. The summed E-state index contributed by atoms with van der Waals surface area (Å²) in [5, 5.41) is 18.8. The fourth-order valence-corrected chi connectivity index (χ4v) is 2.00. The first-order valence-corrected chi connectivity index (χ1v) is 5.52. The zero-order valence-corrected chi connectivity index (χ0v) is 9.77. The number of rotatable bonds is 3. The number of benzene rings is 1. The third-order valence-corrected chi connectivity index (χ3v) is 2.79. The largest absolute Gasteiger partial charge is 0.508 e. The van der Waals surface area contributed by atoms with E-state index < -0.39 is 11.6 Å². The molecule has 0 radical (unpaired) electrons. The quantitative estimate of drug-likeness (QED) is 0.807. The molecule has 2 rings (SSSR count). The van der Waals surface area contributed by atoms with Gasteiger partial charge in [0.15, 0.2) is 0 Å². The average Bonchev–Trinajstić information content (AvgIpc) is 2.27. The first kappa shape index (κ1) is 12.2. The molecule has 0 spiro atoms. The second-order valence-corrected chi connectivity index (χ2v) is 3.95. The number of carboxylic acids is 1. The van der Waals surface area contributed by atoms with Crippen molar-refractivity contribution in [2.24, 2.45) is 0 Å². The lowest BCUT2D eigenvalue weighted by atomic mass is 10.00. The number of phenols is 1. The third kappa shape index (κ3) is 2.07. The molecule has 0 amide bonds. The lowest BCUT2D eigenvalue weighted by Gasteiger charge is -2.08. The maximum absolute atomic E-state index is 11.7. The Morgan fingerprint density at radius 2 is 2.06 bits per heavy atom. The molecule has 0 aliphatic carbocycles. The van der Waals surface area contributed by atoms with Crippen molar-refractivity contribution < 1.29 is 19.4 Å². The Bertz CT molecular complexity index is 669. The fourth-order valence-electron chi connectivity index (χ4n) is 2.00. The van der Waals surface area contributed by atoms with Gasteiger partial charge in [0.25, 0.3) is 0 Å². The average molecular weight is 248 g/mol. The Morgan fingerprint density at radius 3 is 2.67 bits per heavy atom. The molecule has 5 heteroatoms. The Kier molecular flexibility index (Phi) is 3.06. The van der Waals surface area contributed by atoms with Crippen LogP contribution in [0.2, 0.25) is 0 Å². The van der Waals surface area contributed by atoms with Crippen molar-refractivity contribution in [2.45, 2.75) is 19.8 Å². The molecule has 2 aromatic rings. The highest BCUT2D eigenvalue weighted by Gasteiger charge is 2.15. The standard InChI is InChI=1S/C13H12O5/c1-2-8-10(6-12(15)16)9-4-3-7(14)5-11(9)18-13(8)17/h3-5,14H,2,6H2,1H3,(H,15,16). The zero-order chi connectivity index (χ0) is 13.3. The predicted octanol–water partition coefficient (Wildman–Crippen LogP) is 1.69. The van der Waals surface area contributed by atoms with E-state index in [2.05, 4.69) is 0 Å². The number of phenolic OH excluding ortho intramolecular Hbond substituents is 1. The summed E-state index contributed by atoms with van der Waals surface area (Å²) >= 11 is 0. The van der Waals surface area contributed by atoms with Gasteiger partial charge in [-0.15, -0.1) is 0 Å². The lowest BCUT2D eigenvalue weighted by Crippen LogP contribution is -2.14. The molecule has 0 fully saturated rings. The molecular formula is C13H12O5. The van der Waals surface area contributed by atoms with Crippen molar-refractivity contribution >= 4 is 16.9 Å². The van der Waals surface area contributed by atoms with E-state index in [4.69, 9.17) is 9.52 Å². The van der Waals surface area contributed by atoms with Crippen LogP contribution < -0.4 is 5.63 Å². The normalized spacial score (nSPS) is 10.7. The topological polar surface area (TPSA) is 87.7 Å². The number of carboxylic acid groups (broad SMARTS) is 1. The molecule has 2 N–H and O–H groups in total. The molecule has 0 saturated heterocycles. The highest BCUT2D eigenvalue weighted by Crippen LogP contribution is 2.24. The van der Waals surface area contributed by atoms with E-state index in [1.165, 1.54) is 12.1 Å². The van der Waals surface area contributed by atoms with E-state index in [1.807, 2.05) is 0 Å². The van der Waals surface area contributed by atoms with Crippen LogP contribution in [0, 0.1) is 0 Å². The van der Waals surface area contributed by atoms with E-state index in [-0.39, 0.29) is 17.8 Å². The monoisotopic (exact) mass is 248 g/mol. The molecule has 0 bridgehead atoms. The third-order valence-electron chi connectivity index (χ3n) is 2.79. The number of hydrogen-bond donors (Lipinski definition) is 2. The highest BCUT2D eigenvalue weighted by atomic mass is 16.4. The van der Waals surface area contributed by atoms with Gasteiger partial charge in [0.2, 0.25) is 0 Å². The summed E-state index contributed by atoms with van der Waals surface area (Å²) in [4.78, 5) is 22.6. The number of aliphatic carboxylic acids is 1. The van der Waals surface area contributed by atoms with Crippen LogP contribution in [0.3, 0.4) is 0 Å². The Balaban J connectivity index is 2.83. The minimum atomic E-state index is -1.01. The molecule has 0 aliphatic heterocycles. The molecule has 94 valence electrons. The van der Waals surface area contributed by atoms with Crippen LogP contribution >= 0.6 is 0 Å². The van der Waals surface area contributed by atoms with Gasteiger partial charge in [0.05, 0.1) is 6.42 Å². The van der Waals surface area contributed by atoms with Crippen molar-refractivity contribution in [3.63, 3.8) is 0 Å². The molecule has 1 aromatic carbocycles. The summed E-state index contributed by atoms with van der Waals surface area (Å²) in [6.45, 7) is 1.77. The van der Waals surface area contributed by atoms with Crippen molar-refractivity contribution in [3.05, 3.63) is 39.7 Å². The SMILES string of the molecule is CCc1c(CC(=O)O)c2ccc(O)cc2oc1=O. The van der Waals surface area contributed by atoms with Gasteiger partial charge in [-0.05, 0) is 24.1 Å². The second-order valence-electron chi connectivity index (χ2n) is 3.95. The predicted molar refractivity (Wildman–Crippen MR) is 64.9 cm³/mol. The van der Waals surface area contributed by atoms with Gasteiger partial charge in [-0.2, -0.15) is 0 Å². The maximum Gasteiger partial charge on any atom is 0.339 e. The Labute approximate surface area is 102 Å². The number of hydrogen-bond acceptors (Lipinski definition) is 4. The number of aromatic hydroxyl groups is 1. The van der Waals surface area contributed by atoms with Crippen LogP contribution in [0.1, 0.15) is 18.1 Å². The van der Waals surface area contributed by atoms with Crippen LogP contribution in [-0.2, 0) is 17.6 Å². The minimum Gasteiger partial charge on any atom is -0.508 e. The number of fused-ring (bicyclic) bond motifs is 1. The van der Waals surface area contributed by atoms with Gasteiger partial charge in [0, 0.05) is 17.0 Å². The van der Waals surface area contributed by atoms with Crippen molar-refractivity contribution in [3.8, 4) is 5.75 Å². The smallest absolute Gasteiger partial charge is 0.339 e. The molecule has 0 saturated carbocycles.